The second-order valence-electron chi connectivity index (χ2n) is 6.04. The Morgan fingerprint density at radius 1 is 1.31 bits per heavy atom. The van der Waals surface area contributed by atoms with E-state index in [1.165, 1.54) is 6.92 Å². The molecule has 1 amide bonds. The van der Waals surface area contributed by atoms with Crippen LogP contribution < -0.4 is 15.2 Å². The van der Waals surface area contributed by atoms with Gasteiger partial charge in [0, 0.05) is 37.6 Å². The summed E-state index contributed by atoms with van der Waals surface area (Å²) in [5, 5.41) is 9.66. The van der Waals surface area contributed by atoms with Crippen LogP contribution in [0.4, 0.5) is 5.82 Å². The first-order valence-electron chi connectivity index (χ1n) is 8.19. The summed E-state index contributed by atoms with van der Waals surface area (Å²) in [5.74, 6) is 1.34. The third kappa shape index (κ3) is 2.90. The van der Waals surface area contributed by atoms with Crippen molar-refractivity contribution in [2.24, 2.45) is 0 Å². The molecule has 1 aromatic heterocycles. The van der Waals surface area contributed by atoms with Crippen LogP contribution in [0.1, 0.15) is 23.7 Å². The number of carbonyl (C=O) groups is 1. The Kier molecular flexibility index (Phi) is 4.67. The van der Waals surface area contributed by atoms with E-state index in [1.807, 2.05) is 6.07 Å². The maximum atomic E-state index is 11.8. The number of nitrogen functional groups attached to an aromatic ring is 1. The summed E-state index contributed by atoms with van der Waals surface area (Å²) in [6.45, 7) is 2.53. The number of ether oxygens (including phenoxy) is 2. The SMILES string of the molecule is COc1ccc(-c2c(C#N)c(N)nc3c2CN(C(C)=O)CC3)cc1OC. The molecule has 134 valence electrons. The minimum absolute atomic E-state index is 0.00996. The number of hydrogen-bond acceptors (Lipinski definition) is 6. The summed E-state index contributed by atoms with van der Waals surface area (Å²) in [4.78, 5) is 18.0. The standard InChI is InChI=1S/C19H20N4O3/c1-11(24)23-7-6-15-14(10-23)18(13(9-20)19(21)22-15)12-4-5-16(25-2)17(8-12)26-3/h4-5,8H,6-7,10H2,1-3H3,(H2,21,22). The van der Waals surface area contributed by atoms with Gasteiger partial charge in [0.2, 0.25) is 5.91 Å². The Bertz CT molecular complexity index is 918. The molecule has 0 bridgehead atoms. The summed E-state index contributed by atoms with van der Waals surface area (Å²) in [6, 6.07) is 7.60. The predicted molar refractivity (Wildman–Crippen MR) is 96.7 cm³/mol. The fraction of sp³-hybridized carbons (Fsp3) is 0.316. The van der Waals surface area contributed by atoms with Gasteiger partial charge in [0.1, 0.15) is 17.5 Å². The molecular weight excluding hydrogens is 332 g/mol. The Hall–Kier alpha value is -3.27. The maximum Gasteiger partial charge on any atom is 0.219 e. The Labute approximate surface area is 152 Å². The molecule has 0 saturated heterocycles. The van der Waals surface area contributed by atoms with E-state index in [4.69, 9.17) is 15.2 Å². The van der Waals surface area contributed by atoms with Crippen LogP contribution in [-0.2, 0) is 17.8 Å². The minimum Gasteiger partial charge on any atom is -0.493 e. The smallest absolute Gasteiger partial charge is 0.219 e. The lowest BCUT2D eigenvalue weighted by atomic mass is 9.91. The van der Waals surface area contributed by atoms with Crippen molar-refractivity contribution in [2.45, 2.75) is 19.9 Å². The van der Waals surface area contributed by atoms with Crippen molar-refractivity contribution >= 4 is 11.7 Å². The molecule has 0 aliphatic carbocycles. The Balaban J connectivity index is 2.25. The van der Waals surface area contributed by atoms with E-state index in [0.717, 1.165) is 16.8 Å². The van der Waals surface area contributed by atoms with Crippen molar-refractivity contribution in [1.29, 1.82) is 5.26 Å². The summed E-state index contributed by atoms with van der Waals surface area (Å²) in [5.41, 5.74) is 9.49. The predicted octanol–water partition coefficient (Wildman–Crippen LogP) is 2.12. The molecule has 3 rings (SSSR count). The molecule has 2 aromatic rings. The number of nitrogens with zero attached hydrogens (tertiary/aromatic N) is 3. The number of amides is 1. The van der Waals surface area contributed by atoms with Crippen molar-refractivity contribution in [1.82, 2.24) is 9.88 Å². The van der Waals surface area contributed by atoms with Gasteiger partial charge in [0.05, 0.1) is 19.9 Å². The van der Waals surface area contributed by atoms with Crippen molar-refractivity contribution in [3.8, 4) is 28.7 Å². The molecule has 7 nitrogen and oxygen atoms in total. The summed E-state index contributed by atoms with van der Waals surface area (Å²) in [7, 11) is 3.12. The number of methoxy groups -OCH3 is 2. The number of rotatable bonds is 3. The van der Waals surface area contributed by atoms with Gasteiger partial charge in [0.15, 0.2) is 11.5 Å². The molecule has 1 aromatic carbocycles. The zero-order valence-corrected chi connectivity index (χ0v) is 15.0. The molecule has 7 heteroatoms. The topological polar surface area (TPSA) is 101 Å². The van der Waals surface area contributed by atoms with Gasteiger partial charge in [-0.05, 0) is 17.7 Å². The zero-order chi connectivity index (χ0) is 18.8. The second kappa shape index (κ2) is 6.92. The molecule has 0 spiro atoms. The maximum absolute atomic E-state index is 11.8. The molecular formula is C19H20N4O3. The van der Waals surface area contributed by atoms with Crippen LogP contribution in [0.2, 0.25) is 0 Å². The summed E-state index contributed by atoms with van der Waals surface area (Å²) >= 11 is 0. The molecule has 0 saturated carbocycles. The molecule has 0 unspecified atom stereocenters. The minimum atomic E-state index is -0.00996. The highest BCUT2D eigenvalue weighted by Gasteiger charge is 2.26. The van der Waals surface area contributed by atoms with Gasteiger partial charge in [-0.2, -0.15) is 5.26 Å². The molecule has 2 N–H and O–H groups in total. The Morgan fingerprint density at radius 3 is 2.65 bits per heavy atom. The van der Waals surface area contributed by atoms with Gasteiger partial charge in [-0.3, -0.25) is 4.79 Å². The molecule has 0 atom stereocenters. The average molecular weight is 352 g/mol. The highest BCUT2D eigenvalue weighted by atomic mass is 16.5. The number of carbonyl (C=O) groups excluding carboxylic acids is 1. The van der Waals surface area contributed by atoms with E-state index in [0.29, 0.717) is 42.1 Å². The van der Waals surface area contributed by atoms with Crippen molar-refractivity contribution in [2.75, 3.05) is 26.5 Å². The van der Waals surface area contributed by atoms with Gasteiger partial charge in [-0.25, -0.2) is 4.98 Å². The van der Waals surface area contributed by atoms with E-state index < -0.39 is 0 Å². The lowest BCUT2D eigenvalue weighted by Crippen LogP contribution is -2.35. The van der Waals surface area contributed by atoms with Crippen molar-refractivity contribution in [3.63, 3.8) is 0 Å². The average Bonchev–Trinajstić information content (AvgIpc) is 2.65. The van der Waals surface area contributed by atoms with Gasteiger partial charge in [-0.1, -0.05) is 6.07 Å². The van der Waals surface area contributed by atoms with Crippen molar-refractivity contribution in [3.05, 3.63) is 35.0 Å². The second-order valence-corrected chi connectivity index (χ2v) is 6.04. The molecule has 0 radical (unpaired) electrons. The first kappa shape index (κ1) is 17.5. The van der Waals surface area contributed by atoms with Crippen LogP contribution in [0.25, 0.3) is 11.1 Å². The molecule has 0 fully saturated rings. The number of fused-ring (bicyclic) bond motifs is 1. The largest absolute Gasteiger partial charge is 0.493 e. The lowest BCUT2D eigenvalue weighted by molar-refractivity contribution is -0.129. The highest BCUT2D eigenvalue weighted by molar-refractivity contribution is 5.82. The van der Waals surface area contributed by atoms with Gasteiger partial charge < -0.3 is 20.1 Å². The van der Waals surface area contributed by atoms with Crippen LogP contribution in [0.15, 0.2) is 18.2 Å². The van der Waals surface area contributed by atoms with Crippen LogP contribution in [0.5, 0.6) is 11.5 Å². The first-order valence-corrected chi connectivity index (χ1v) is 8.19. The highest BCUT2D eigenvalue weighted by Crippen LogP contribution is 2.39. The van der Waals surface area contributed by atoms with Gasteiger partial charge >= 0.3 is 0 Å². The number of hydrogen-bond donors (Lipinski definition) is 1. The molecule has 2 heterocycles. The van der Waals surface area contributed by atoms with Crippen LogP contribution in [0, 0.1) is 11.3 Å². The van der Waals surface area contributed by atoms with Gasteiger partial charge in [0.25, 0.3) is 0 Å². The van der Waals surface area contributed by atoms with Crippen LogP contribution in [-0.4, -0.2) is 36.6 Å². The molecule has 1 aliphatic heterocycles. The number of benzene rings is 1. The van der Waals surface area contributed by atoms with Crippen LogP contribution >= 0.6 is 0 Å². The third-order valence-electron chi connectivity index (χ3n) is 4.61. The summed E-state index contributed by atoms with van der Waals surface area (Å²) < 4.78 is 10.7. The first-order chi connectivity index (χ1) is 12.5. The van der Waals surface area contributed by atoms with Crippen LogP contribution in [0.3, 0.4) is 0 Å². The number of anilines is 1. The number of nitrogens with two attached hydrogens (primary N) is 1. The number of pyridine rings is 1. The monoisotopic (exact) mass is 352 g/mol. The summed E-state index contributed by atoms with van der Waals surface area (Å²) in [6.07, 6.45) is 0.602. The van der Waals surface area contributed by atoms with E-state index >= 15 is 0 Å². The third-order valence-corrected chi connectivity index (χ3v) is 4.61. The number of aromatic nitrogens is 1. The van der Waals surface area contributed by atoms with E-state index in [-0.39, 0.29) is 11.7 Å². The van der Waals surface area contributed by atoms with E-state index in [9.17, 15) is 10.1 Å². The van der Waals surface area contributed by atoms with E-state index in [1.54, 1.807) is 31.3 Å². The fourth-order valence-corrected chi connectivity index (χ4v) is 3.27. The lowest BCUT2D eigenvalue weighted by Gasteiger charge is -2.30. The Morgan fingerprint density at radius 2 is 2.04 bits per heavy atom. The molecule has 1 aliphatic rings. The van der Waals surface area contributed by atoms with Crippen molar-refractivity contribution < 1.29 is 14.3 Å². The zero-order valence-electron chi connectivity index (χ0n) is 15.0. The van der Waals surface area contributed by atoms with E-state index in [2.05, 4.69) is 11.1 Å². The quantitative estimate of drug-likeness (QED) is 0.908. The van der Waals surface area contributed by atoms with Gasteiger partial charge in [-0.15, -0.1) is 0 Å². The normalized spacial score (nSPS) is 12.9. The molecule has 26 heavy (non-hydrogen) atoms. The number of nitriles is 1. The fourth-order valence-electron chi connectivity index (χ4n) is 3.27.